The highest BCUT2D eigenvalue weighted by Gasteiger charge is 2.23. The number of nitrogens with zero attached hydrogens (tertiary/aromatic N) is 3. The van der Waals surface area contributed by atoms with Crippen molar-refractivity contribution in [1.82, 2.24) is 14.8 Å². The van der Waals surface area contributed by atoms with Gasteiger partial charge in [0.2, 0.25) is 5.91 Å². The van der Waals surface area contributed by atoms with Crippen LogP contribution in [0.15, 0.2) is 34.3 Å². The minimum Gasteiger partial charge on any atom is -0.462 e. The maximum Gasteiger partial charge on any atom is 0.341 e. The number of anilines is 1. The number of rotatable bonds is 9. The zero-order valence-corrected chi connectivity index (χ0v) is 22.0. The van der Waals surface area contributed by atoms with E-state index in [0.29, 0.717) is 15.7 Å². The Hall–Kier alpha value is -2.70. The lowest BCUT2D eigenvalue weighted by Gasteiger charge is -2.08. The molecule has 0 bridgehead atoms. The first-order valence-electron chi connectivity index (χ1n) is 10.4. The van der Waals surface area contributed by atoms with Crippen LogP contribution >= 0.6 is 23.1 Å². The van der Waals surface area contributed by atoms with Crippen LogP contribution in [0.5, 0.6) is 0 Å². The smallest absolute Gasteiger partial charge is 0.341 e. The Bertz CT molecular complexity index is 1310. The Morgan fingerprint density at radius 3 is 2.47 bits per heavy atom. The van der Waals surface area contributed by atoms with E-state index >= 15 is 0 Å². The van der Waals surface area contributed by atoms with Crippen LogP contribution in [0, 0.1) is 20.8 Å². The first-order valence-corrected chi connectivity index (χ1v) is 13.9. The van der Waals surface area contributed by atoms with E-state index in [-0.39, 0.29) is 34.7 Å². The number of nitrogens with one attached hydrogen (secondary N) is 1. The fraction of sp³-hybridized carbons (Fsp3) is 0.364. The molecular formula is C22H26N4O5S3. The standard InChI is InChI=1S/C22H26N4O5S3/c1-6-31-21(28)19-14(3)15(4)33-20(19)23-18(27)11-32-22-25-24-17(26(22)5)12-34(29,30)16-9-7-13(2)8-10-16/h7-10H,6,11-12H2,1-5H3,(H,23,27). The predicted molar refractivity (Wildman–Crippen MR) is 132 cm³/mol. The molecule has 34 heavy (non-hydrogen) atoms. The van der Waals surface area contributed by atoms with Gasteiger partial charge >= 0.3 is 5.97 Å². The average Bonchev–Trinajstić information content (AvgIpc) is 3.25. The number of hydrogen-bond acceptors (Lipinski definition) is 9. The van der Waals surface area contributed by atoms with Crippen LogP contribution in [0.4, 0.5) is 5.00 Å². The maximum absolute atomic E-state index is 12.7. The minimum atomic E-state index is -3.59. The van der Waals surface area contributed by atoms with Gasteiger partial charge < -0.3 is 14.6 Å². The summed E-state index contributed by atoms with van der Waals surface area (Å²) in [6.07, 6.45) is 0. The second-order valence-corrected chi connectivity index (χ2v) is 11.7. The molecule has 12 heteroatoms. The number of thiophene rings is 1. The van der Waals surface area contributed by atoms with Gasteiger partial charge in [0, 0.05) is 11.9 Å². The zero-order valence-electron chi connectivity index (χ0n) is 19.5. The SMILES string of the molecule is CCOC(=O)c1c(NC(=O)CSc2nnc(CS(=O)(=O)c3ccc(C)cc3)n2C)sc(C)c1C. The summed E-state index contributed by atoms with van der Waals surface area (Å²) in [5.41, 5.74) is 2.11. The van der Waals surface area contributed by atoms with E-state index in [2.05, 4.69) is 15.5 Å². The molecule has 0 saturated carbocycles. The third-order valence-electron chi connectivity index (χ3n) is 5.07. The quantitative estimate of drug-likeness (QED) is 0.334. The number of carbonyl (C=O) groups excluding carboxylic acids is 2. The van der Waals surface area contributed by atoms with Gasteiger partial charge in [0.1, 0.15) is 16.6 Å². The number of aromatic nitrogens is 3. The molecule has 0 atom stereocenters. The van der Waals surface area contributed by atoms with Crippen molar-refractivity contribution < 1.29 is 22.7 Å². The van der Waals surface area contributed by atoms with Gasteiger partial charge in [-0.15, -0.1) is 21.5 Å². The monoisotopic (exact) mass is 522 g/mol. The first-order chi connectivity index (χ1) is 16.0. The highest BCUT2D eigenvalue weighted by molar-refractivity contribution is 7.99. The largest absolute Gasteiger partial charge is 0.462 e. The Morgan fingerprint density at radius 1 is 1.15 bits per heavy atom. The average molecular weight is 523 g/mol. The fourth-order valence-electron chi connectivity index (χ4n) is 3.05. The van der Waals surface area contributed by atoms with Crippen LogP contribution in [-0.2, 0) is 32.2 Å². The molecule has 0 aliphatic heterocycles. The molecule has 9 nitrogen and oxygen atoms in total. The van der Waals surface area contributed by atoms with Crippen LogP contribution in [0.1, 0.15) is 39.1 Å². The van der Waals surface area contributed by atoms with Crippen molar-refractivity contribution in [2.45, 2.75) is 43.5 Å². The highest BCUT2D eigenvalue weighted by atomic mass is 32.2. The van der Waals surface area contributed by atoms with Crippen molar-refractivity contribution in [3.05, 3.63) is 51.7 Å². The summed E-state index contributed by atoms with van der Waals surface area (Å²) in [6, 6.07) is 6.62. The number of carbonyl (C=O) groups is 2. The van der Waals surface area contributed by atoms with Crippen molar-refractivity contribution in [3.8, 4) is 0 Å². The van der Waals surface area contributed by atoms with Crippen LogP contribution < -0.4 is 5.32 Å². The van der Waals surface area contributed by atoms with Gasteiger partial charge in [0.05, 0.1) is 22.8 Å². The summed E-state index contributed by atoms with van der Waals surface area (Å²) in [7, 11) is -1.93. The number of benzene rings is 1. The summed E-state index contributed by atoms with van der Waals surface area (Å²) in [5.74, 6) is -0.816. The van der Waals surface area contributed by atoms with E-state index in [1.165, 1.54) is 11.3 Å². The van der Waals surface area contributed by atoms with Crippen LogP contribution in [0.25, 0.3) is 0 Å². The summed E-state index contributed by atoms with van der Waals surface area (Å²) < 4.78 is 32.1. The Labute approximate surface area is 206 Å². The molecule has 0 saturated heterocycles. The number of hydrogen-bond donors (Lipinski definition) is 1. The first kappa shape index (κ1) is 25.9. The molecule has 1 N–H and O–H groups in total. The molecule has 0 fully saturated rings. The molecule has 2 heterocycles. The Balaban J connectivity index is 1.66. The van der Waals surface area contributed by atoms with Crippen molar-refractivity contribution in [1.29, 1.82) is 0 Å². The fourth-order valence-corrected chi connectivity index (χ4v) is 6.16. The minimum absolute atomic E-state index is 0.00888. The summed E-state index contributed by atoms with van der Waals surface area (Å²) in [6.45, 7) is 7.54. The number of sulfone groups is 1. The number of esters is 1. The summed E-state index contributed by atoms with van der Waals surface area (Å²) in [4.78, 5) is 26.0. The van der Waals surface area contributed by atoms with Crippen molar-refractivity contribution in [2.75, 3.05) is 17.7 Å². The molecule has 1 amide bonds. The van der Waals surface area contributed by atoms with Gasteiger partial charge in [-0.25, -0.2) is 13.2 Å². The van der Waals surface area contributed by atoms with Gasteiger partial charge in [0.25, 0.3) is 0 Å². The molecule has 1 aromatic carbocycles. The molecule has 0 radical (unpaired) electrons. The zero-order chi connectivity index (χ0) is 25.0. The number of amides is 1. The van der Waals surface area contributed by atoms with E-state index in [9.17, 15) is 18.0 Å². The van der Waals surface area contributed by atoms with E-state index in [4.69, 9.17) is 4.74 Å². The third-order valence-corrected chi connectivity index (χ3v) is 8.85. The van der Waals surface area contributed by atoms with E-state index < -0.39 is 15.8 Å². The lowest BCUT2D eigenvalue weighted by atomic mass is 10.1. The normalized spacial score (nSPS) is 11.4. The summed E-state index contributed by atoms with van der Waals surface area (Å²) in [5, 5.41) is 11.7. The molecule has 182 valence electrons. The van der Waals surface area contributed by atoms with Gasteiger partial charge in [-0.1, -0.05) is 29.5 Å². The maximum atomic E-state index is 12.7. The van der Waals surface area contributed by atoms with Crippen molar-refractivity contribution >= 4 is 49.8 Å². The van der Waals surface area contributed by atoms with E-state index in [1.807, 2.05) is 20.8 Å². The highest BCUT2D eigenvalue weighted by Crippen LogP contribution is 2.33. The van der Waals surface area contributed by atoms with Gasteiger partial charge in [-0.3, -0.25) is 4.79 Å². The predicted octanol–water partition coefficient (Wildman–Crippen LogP) is 3.68. The van der Waals surface area contributed by atoms with Gasteiger partial charge in [-0.2, -0.15) is 0 Å². The van der Waals surface area contributed by atoms with E-state index in [0.717, 1.165) is 27.8 Å². The number of thioether (sulfide) groups is 1. The summed E-state index contributed by atoms with van der Waals surface area (Å²) >= 11 is 2.44. The lowest BCUT2D eigenvalue weighted by molar-refractivity contribution is -0.113. The number of aryl methyl sites for hydroxylation is 2. The molecule has 0 unspecified atom stereocenters. The molecule has 3 aromatic rings. The number of ether oxygens (including phenoxy) is 1. The van der Waals surface area contributed by atoms with Crippen LogP contribution in [0.3, 0.4) is 0 Å². The molecule has 0 aliphatic rings. The Kier molecular flexibility index (Phi) is 8.16. The second kappa shape index (κ2) is 10.7. The Morgan fingerprint density at radius 2 is 1.82 bits per heavy atom. The third kappa shape index (κ3) is 5.86. The van der Waals surface area contributed by atoms with Crippen molar-refractivity contribution in [2.24, 2.45) is 7.05 Å². The van der Waals surface area contributed by atoms with Gasteiger partial charge in [-0.05, 0) is 45.4 Å². The van der Waals surface area contributed by atoms with Crippen molar-refractivity contribution in [3.63, 3.8) is 0 Å². The molecule has 3 rings (SSSR count). The van der Waals surface area contributed by atoms with Gasteiger partial charge in [0.15, 0.2) is 15.0 Å². The molecule has 2 aromatic heterocycles. The lowest BCUT2D eigenvalue weighted by Crippen LogP contribution is -2.17. The van der Waals surface area contributed by atoms with Crippen LogP contribution in [0.2, 0.25) is 0 Å². The molecular weight excluding hydrogens is 496 g/mol. The van der Waals surface area contributed by atoms with Crippen LogP contribution in [-0.4, -0.2) is 47.4 Å². The topological polar surface area (TPSA) is 120 Å². The second-order valence-electron chi connectivity index (χ2n) is 7.57. The molecule has 0 aliphatic carbocycles. The molecule has 0 spiro atoms. The van der Waals surface area contributed by atoms with E-state index in [1.54, 1.807) is 42.8 Å².